The van der Waals surface area contributed by atoms with Crippen molar-refractivity contribution in [2.24, 2.45) is 5.92 Å². The first-order valence-electron chi connectivity index (χ1n) is 8.66. The van der Waals surface area contributed by atoms with Crippen LogP contribution in [0.15, 0.2) is 35.5 Å². The van der Waals surface area contributed by atoms with Crippen LogP contribution in [0.4, 0.5) is 22.0 Å². The molecule has 3 aromatic rings. The zero-order valence-electron chi connectivity index (χ0n) is 15.1. The minimum atomic E-state index is -4.88. The Morgan fingerprint density at radius 2 is 2.03 bits per heavy atom. The molecule has 0 aliphatic heterocycles. The van der Waals surface area contributed by atoms with Crippen LogP contribution in [0.25, 0.3) is 16.8 Å². The van der Waals surface area contributed by atoms with Crippen molar-refractivity contribution in [3.8, 4) is 16.9 Å². The van der Waals surface area contributed by atoms with Crippen LogP contribution in [0.3, 0.4) is 0 Å². The van der Waals surface area contributed by atoms with E-state index in [1.165, 1.54) is 36.3 Å². The summed E-state index contributed by atoms with van der Waals surface area (Å²) in [5, 5.41) is 3.94. The Kier molecular flexibility index (Phi) is 4.35. The third-order valence-corrected chi connectivity index (χ3v) is 4.85. The van der Waals surface area contributed by atoms with Crippen molar-refractivity contribution in [3.05, 3.63) is 46.8 Å². The van der Waals surface area contributed by atoms with Gasteiger partial charge in [0, 0.05) is 43.4 Å². The highest BCUT2D eigenvalue weighted by molar-refractivity contribution is 5.66. The van der Waals surface area contributed by atoms with Crippen molar-refractivity contribution in [2.75, 3.05) is 7.11 Å². The summed E-state index contributed by atoms with van der Waals surface area (Å²) in [7, 11) is 1.34. The number of nitrogens with zero attached hydrogens (tertiary/aromatic N) is 4. The summed E-state index contributed by atoms with van der Waals surface area (Å²) in [6, 6.07) is 2.65. The van der Waals surface area contributed by atoms with Gasteiger partial charge < -0.3 is 4.74 Å². The molecule has 1 saturated carbocycles. The van der Waals surface area contributed by atoms with Crippen molar-refractivity contribution in [2.45, 2.75) is 31.5 Å². The van der Waals surface area contributed by atoms with Crippen molar-refractivity contribution in [1.82, 2.24) is 19.2 Å². The number of fused-ring (bicyclic) bond motifs is 1. The third-order valence-electron chi connectivity index (χ3n) is 4.85. The molecule has 0 radical (unpaired) electrons. The number of halogens is 5. The van der Waals surface area contributed by atoms with Crippen molar-refractivity contribution < 1.29 is 26.7 Å². The van der Waals surface area contributed by atoms with Gasteiger partial charge in [-0.15, -0.1) is 0 Å². The second-order valence-electron chi connectivity index (χ2n) is 7.01. The van der Waals surface area contributed by atoms with E-state index in [4.69, 9.17) is 4.74 Å². The van der Waals surface area contributed by atoms with E-state index in [1.807, 2.05) is 0 Å². The van der Waals surface area contributed by atoms with Gasteiger partial charge >= 0.3 is 6.18 Å². The monoisotopic (exact) mass is 414 g/mol. The molecular formula is C18H15F5N4O2. The molecule has 11 heteroatoms. The lowest BCUT2D eigenvalue weighted by molar-refractivity contribution is -0.140. The van der Waals surface area contributed by atoms with Gasteiger partial charge in [0.15, 0.2) is 5.69 Å². The highest BCUT2D eigenvalue weighted by Gasteiger charge is 2.45. The highest BCUT2D eigenvalue weighted by atomic mass is 19.4. The molecule has 1 aliphatic rings. The summed E-state index contributed by atoms with van der Waals surface area (Å²) in [5.74, 6) is -2.77. The largest absolute Gasteiger partial charge is 0.497 e. The predicted molar refractivity (Wildman–Crippen MR) is 91.9 cm³/mol. The molecule has 6 nitrogen and oxygen atoms in total. The van der Waals surface area contributed by atoms with Gasteiger partial charge in [-0.25, -0.2) is 13.8 Å². The Balaban J connectivity index is 1.78. The van der Waals surface area contributed by atoms with E-state index in [0.717, 1.165) is 10.6 Å². The molecule has 0 aromatic carbocycles. The first-order valence-corrected chi connectivity index (χ1v) is 8.66. The van der Waals surface area contributed by atoms with Gasteiger partial charge in [-0.2, -0.15) is 18.3 Å². The molecule has 0 amide bonds. The van der Waals surface area contributed by atoms with Crippen molar-refractivity contribution in [3.63, 3.8) is 0 Å². The van der Waals surface area contributed by atoms with Crippen LogP contribution < -0.4 is 10.3 Å². The van der Waals surface area contributed by atoms with E-state index >= 15 is 0 Å². The summed E-state index contributed by atoms with van der Waals surface area (Å²) >= 11 is 0. The second-order valence-corrected chi connectivity index (χ2v) is 7.01. The lowest BCUT2D eigenvalue weighted by Crippen LogP contribution is -2.37. The Labute approximate surface area is 160 Å². The maximum atomic E-state index is 13.6. The number of alkyl halides is 5. The molecule has 0 N–H and O–H groups in total. The summed E-state index contributed by atoms with van der Waals surface area (Å²) in [4.78, 5) is 16.5. The highest BCUT2D eigenvalue weighted by Crippen LogP contribution is 2.43. The number of hydrogen-bond acceptors (Lipinski definition) is 4. The minimum Gasteiger partial charge on any atom is -0.497 e. The summed E-state index contributed by atoms with van der Waals surface area (Å²) in [6.07, 6.45) is -1.84. The summed E-state index contributed by atoms with van der Waals surface area (Å²) in [6.45, 7) is 0.135. The molecule has 4 rings (SSSR count). The van der Waals surface area contributed by atoms with Crippen molar-refractivity contribution in [1.29, 1.82) is 0 Å². The minimum absolute atomic E-state index is 0.0777. The van der Waals surface area contributed by atoms with Crippen LogP contribution >= 0.6 is 0 Å². The normalized spacial score (nSPS) is 16.8. The quantitative estimate of drug-likeness (QED) is 0.612. The summed E-state index contributed by atoms with van der Waals surface area (Å²) < 4.78 is 74.1. The lowest BCUT2D eigenvalue weighted by Gasteiger charge is -2.34. The zero-order chi connectivity index (χ0) is 21.0. The van der Waals surface area contributed by atoms with Gasteiger partial charge in [-0.3, -0.25) is 13.9 Å². The smallest absolute Gasteiger partial charge is 0.434 e. The van der Waals surface area contributed by atoms with Gasteiger partial charge in [-0.1, -0.05) is 0 Å². The Morgan fingerprint density at radius 3 is 2.66 bits per heavy atom. The first-order chi connectivity index (χ1) is 13.6. The van der Waals surface area contributed by atoms with Gasteiger partial charge in [0.2, 0.25) is 5.92 Å². The molecule has 0 unspecified atom stereocenters. The Bertz CT molecular complexity index is 1130. The van der Waals surface area contributed by atoms with Crippen molar-refractivity contribution >= 4 is 5.65 Å². The predicted octanol–water partition coefficient (Wildman–Crippen LogP) is 3.63. The number of ether oxygens (including phenoxy) is 1. The average molecular weight is 414 g/mol. The fraction of sp³-hybridized carbons (Fsp3) is 0.389. The van der Waals surface area contributed by atoms with Crippen LogP contribution in [0, 0.1) is 5.92 Å². The molecule has 3 heterocycles. The van der Waals surface area contributed by atoms with Gasteiger partial charge in [0.25, 0.3) is 5.56 Å². The molecular weight excluding hydrogens is 399 g/mol. The van der Waals surface area contributed by atoms with E-state index in [2.05, 4.69) is 10.1 Å². The fourth-order valence-electron chi connectivity index (χ4n) is 3.48. The number of methoxy groups -OCH3 is 1. The molecule has 0 spiro atoms. The maximum absolute atomic E-state index is 13.6. The van der Waals surface area contributed by atoms with E-state index in [-0.39, 0.29) is 42.3 Å². The molecule has 3 aromatic heterocycles. The Morgan fingerprint density at radius 1 is 1.31 bits per heavy atom. The molecule has 0 saturated heterocycles. The standard InChI is InChI=1S/C18H15F5N4O2/c1-29-12-2-3-27-13(4-12)25-15(18(21,22)23)14(16(27)28)11-7-24-26(9-11)8-10-5-17(19,20)6-10/h2-4,7,9-10H,5-6,8H2,1H3. The first kappa shape index (κ1) is 19.3. The molecule has 0 atom stereocenters. The molecule has 1 fully saturated rings. The lowest BCUT2D eigenvalue weighted by atomic mass is 9.81. The number of pyridine rings is 1. The molecule has 29 heavy (non-hydrogen) atoms. The van der Waals surface area contributed by atoms with Gasteiger partial charge in [0.05, 0.1) is 18.9 Å². The number of rotatable bonds is 4. The van der Waals surface area contributed by atoms with E-state index in [1.54, 1.807) is 0 Å². The van der Waals surface area contributed by atoms with Gasteiger partial charge in [-0.05, 0) is 12.0 Å². The summed E-state index contributed by atoms with van der Waals surface area (Å²) in [5.41, 5.74) is -3.20. The van der Waals surface area contributed by atoms with E-state index in [0.29, 0.717) is 0 Å². The number of hydrogen-bond donors (Lipinski definition) is 0. The SMILES string of the molecule is COc1ccn2c(=O)c(-c3cnn(CC4CC(F)(F)C4)c3)c(C(F)(F)F)nc2c1. The van der Waals surface area contributed by atoms with Crippen LogP contribution in [-0.4, -0.2) is 32.2 Å². The Hall–Kier alpha value is -2.98. The fourth-order valence-corrected chi connectivity index (χ4v) is 3.48. The molecule has 1 aliphatic carbocycles. The zero-order valence-corrected chi connectivity index (χ0v) is 15.1. The molecule has 0 bridgehead atoms. The van der Waals surface area contributed by atoms with Crippen LogP contribution in [0.1, 0.15) is 18.5 Å². The number of aromatic nitrogens is 4. The van der Waals surface area contributed by atoms with Gasteiger partial charge in [0.1, 0.15) is 11.4 Å². The third kappa shape index (κ3) is 3.56. The van der Waals surface area contributed by atoms with E-state index < -0.39 is 28.9 Å². The second kappa shape index (κ2) is 6.53. The van der Waals surface area contributed by atoms with Crippen LogP contribution in [-0.2, 0) is 12.7 Å². The maximum Gasteiger partial charge on any atom is 0.434 e. The molecule has 154 valence electrons. The van der Waals surface area contributed by atoms with Crippen LogP contribution in [0.2, 0.25) is 0 Å². The average Bonchev–Trinajstić information content (AvgIpc) is 3.06. The topological polar surface area (TPSA) is 61.4 Å². The van der Waals surface area contributed by atoms with E-state index in [9.17, 15) is 26.7 Å². The van der Waals surface area contributed by atoms with Crippen LogP contribution in [0.5, 0.6) is 5.75 Å².